The Morgan fingerprint density at radius 2 is 1.80 bits per heavy atom. The zero-order chi connectivity index (χ0) is 14.3. The second-order valence-electron chi connectivity index (χ2n) is 5.01. The summed E-state index contributed by atoms with van der Waals surface area (Å²) in [5.41, 5.74) is 0.589. The molecule has 1 aliphatic heterocycles. The van der Waals surface area contributed by atoms with Crippen molar-refractivity contribution in [2.75, 3.05) is 12.0 Å². The number of anilines is 1. The van der Waals surface area contributed by atoms with Crippen molar-refractivity contribution in [3.05, 3.63) is 35.4 Å². The van der Waals surface area contributed by atoms with Gasteiger partial charge in [-0.05, 0) is 37.1 Å². The lowest BCUT2D eigenvalue weighted by Crippen LogP contribution is -2.30. The minimum absolute atomic E-state index is 0.134. The minimum Gasteiger partial charge on any atom is -0.497 e. The first-order valence-corrected chi connectivity index (χ1v) is 6.86. The van der Waals surface area contributed by atoms with Gasteiger partial charge in [0, 0.05) is 5.03 Å². The zero-order valence-corrected chi connectivity index (χ0v) is 11.8. The third-order valence-electron chi connectivity index (χ3n) is 3.90. The van der Waals surface area contributed by atoms with Gasteiger partial charge in [0.25, 0.3) is 0 Å². The van der Waals surface area contributed by atoms with Crippen LogP contribution in [0.25, 0.3) is 0 Å². The molecular weight excluding hydrogens is 278 g/mol. The lowest BCUT2D eigenvalue weighted by atomic mass is 9.85. The summed E-state index contributed by atoms with van der Waals surface area (Å²) in [5, 5.41) is 0.670. The first kappa shape index (κ1) is 13.2. The van der Waals surface area contributed by atoms with Crippen LogP contribution in [0.1, 0.15) is 12.8 Å². The number of benzene rings is 1. The summed E-state index contributed by atoms with van der Waals surface area (Å²) in [5.74, 6) is -0.189. The van der Waals surface area contributed by atoms with Gasteiger partial charge in [0.2, 0.25) is 11.8 Å². The van der Waals surface area contributed by atoms with Crippen LogP contribution >= 0.6 is 11.6 Å². The molecule has 104 valence electrons. The number of carbonyl (C=O) groups excluding carboxylic acids is 2. The highest BCUT2D eigenvalue weighted by Gasteiger charge is 2.48. The van der Waals surface area contributed by atoms with E-state index in [9.17, 15) is 9.59 Å². The highest BCUT2D eigenvalue weighted by molar-refractivity contribution is 6.30. The second-order valence-corrected chi connectivity index (χ2v) is 5.50. The molecule has 1 aliphatic carbocycles. The molecule has 1 aromatic carbocycles. The molecular formula is C15H14ClNO3. The van der Waals surface area contributed by atoms with Crippen LogP contribution in [-0.2, 0) is 9.59 Å². The van der Waals surface area contributed by atoms with Crippen molar-refractivity contribution < 1.29 is 14.3 Å². The van der Waals surface area contributed by atoms with Crippen LogP contribution in [0.4, 0.5) is 5.69 Å². The lowest BCUT2D eigenvalue weighted by Gasteiger charge is -2.17. The van der Waals surface area contributed by atoms with Gasteiger partial charge >= 0.3 is 0 Å². The van der Waals surface area contributed by atoms with Crippen LogP contribution in [0.5, 0.6) is 5.75 Å². The van der Waals surface area contributed by atoms with Gasteiger partial charge in [0.15, 0.2) is 0 Å². The first-order chi connectivity index (χ1) is 9.61. The van der Waals surface area contributed by atoms with E-state index in [2.05, 4.69) is 0 Å². The van der Waals surface area contributed by atoms with Gasteiger partial charge in [-0.15, -0.1) is 0 Å². The molecule has 2 aliphatic rings. The van der Waals surface area contributed by atoms with Gasteiger partial charge in [-0.1, -0.05) is 17.7 Å². The fourth-order valence-corrected chi connectivity index (χ4v) is 3.07. The van der Waals surface area contributed by atoms with E-state index in [1.807, 2.05) is 6.08 Å². The largest absolute Gasteiger partial charge is 0.497 e. The number of rotatable bonds is 2. The summed E-state index contributed by atoms with van der Waals surface area (Å²) in [4.78, 5) is 26.1. The maximum atomic E-state index is 12.4. The van der Waals surface area contributed by atoms with Gasteiger partial charge in [0.05, 0.1) is 24.6 Å². The van der Waals surface area contributed by atoms with E-state index < -0.39 is 0 Å². The molecule has 4 nitrogen and oxygen atoms in total. The molecule has 20 heavy (non-hydrogen) atoms. The molecule has 1 heterocycles. The number of imide groups is 1. The van der Waals surface area contributed by atoms with Crippen LogP contribution in [-0.4, -0.2) is 18.9 Å². The van der Waals surface area contributed by atoms with Gasteiger partial charge in [-0.25, -0.2) is 0 Å². The molecule has 0 saturated carbocycles. The molecule has 5 heteroatoms. The SMILES string of the molecule is COc1ccc(N2C(=O)[C@H]3CC(Cl)=CC[C@H]3C2=O)cc1. The number of halogens is 1. The van der Waals surface area contributed by atoms with Crippen molar-refractivity contribution >= 4 is 29.1 Å². The third-order valence-corrected chi connectivity index (χ3v) is 4.21. The van der Waals surface area contributed by atoms with Crippen molar-refractivity contribution in [3.8, 4) is 5.75 Å². The maximum absolute atomic E-state index is 12.4. The molecule has 2 amide bonds. The zero-order valence-electron chi connectivity index (χ0n) is 11.0. The first-order valence-electron chi connectivity index (χ1n) is 6.48. The van der Waals surface area contributed by atoms with Crippen molar-refractivity contribution in [3.63, 3.8) is 0 Å². The van der Waals surface area contributed by atoms with Crippen molar-refractivity contribution in [1.29, 1.82) is 0 Å². The van der Waals surface area contributed by atoms with E-state index >= 15 is 0 Å². The number of carbonyl (C=O) groups is 2. The molecule has 1 saturated heterocycles. The highest BCUT2D eigenvalue weighted by atomic mass is 35.5. The smallest absolute Gasteiger partial charge is 0.238 e. The molecule has 0 aromatic heterocycles. The van der Waals surface area contributed by atoms with Crippen LogP contribution in [0.15, 0.2) is 35.4 Å². The summed E-state index contributed by atoms with van der Waals surface area (Å²) in [6.45, 7) is 0. The molecule has 0 N–H and O–H groups in total. The summed E-state index contributed by atoms with van der Waals surface area (Å²) < 4.78 is 5.08. The Balaban J connectivity index is 1.91. The Labute approximate surface area is 122 Å². The number of methoxy groups -OCH3 is 1. The normalized spacial score (nSPS) is 25.5. The van der Waals surface area contributed by atoms with Crippen LogP contribution in [0, 0.1) is 11.8 Å². The summed E-state index contributed by atoms with van der Waals surface area (Å²) in [6.07, 6.45) is 2.84. The quantitative estimate of drug-likeness (QED) is 0.787. The summed E-state index contributed by atoms with van der Waals surface area (Å²) in [7, 11) is 1.57. The predicted molar refractivity (Wildman–Crippen MR) is 75.6 cm³/mol. The second kappa shape index (κ2) is 4.94. The number of fused-ring (bicyclic) bond motifs is 1. The topological polar surface area (TPSA) is 46.6 Å². The number of hydrogen-bond acceptors (Lipinski definition) is 3. The van der Waals surface area contributed by atoms with E-state index in [0.717, 1.165) is 0 Å². The van der Waals surface area contributed by atoms with Crippen molar-refractivity contribution in [2.45, 2.75) is 12.8 Å². The third kappa shape index (κ3) is 2.00. The van der Waals surface area contributed by atoms with Crippen molar-refractivity contribution in [1.82, 2.24) is 0 Å². The van der Waals surface area contributed by atoms with E-state index in [1.165, 1.54) is 4.90 Å². The molecule has 1 fully saturated rings. The van der Waals surface area contributed by atoms with E-state index in [4.69, 9.17) is 16.3 Å². The summed E-state index contributed by atoms with van der Waals surface area (Å²) >= 11 is 5.99. The molecule has 1 aromatic rings. The molecule has 2 atom stereocenters. The fraction of sp³-hybridized carbons (Fsp3) is 0.333. The molecule has 0 bridgehead atoms. The predicted octanol–water partition coefficient (Wildman–Crippen LogP) is 2.72. The molecule has 3 rings (SSSR count). The molecule has 0 radical (unpaired) electrons. The van der Waals surface area contributed by atoms with Gasteiger partial charge < -0.3 is 4.74 Å². The highest BCUT2D eigenvalue weighted by Crippen LogP contribution is 2.40. The lowest BCUT2D eigenvalue weighted by molar-refractivity contribution is -0.122. The number of amides is 2. The average Bonchev–Trinajstić information content (AvgIpc) is 2.71. The Morgan fingerprint density at radius 3 is 2.45 bits per heavy atom. The summed E-state index contributed by atoms with van der Waals surface area (Å²) in [6, 6.07) is 6.92. The Kier molecular flexibility index (Phi) is 3.26. The van der Waals surface area contributed by atoms with Crippen molar-refractivity contribution in [2.24, 2.45) is 11.8 Å². The average molecular weight is 292 g/mol. The number of hydrogen-bond donors (Lipinski definition) is 0. The van der Waals surface area contributed by atoms with Crippen LogP contribution in [0.3, 0.4) is 0 Å². The Morgan fingerprint density at radius 1 is 1.15 bits per heavy atom. The Bertz CT molecular complexity index is 594. The van der Waals surface area contributed by atoms with E-state index in [0.29, 0.717) is 29.3 Å². The minimum atomic E-state index is -0.317. The van der Waals surface area contributed by atoms with Gasteiger partial charge in [0.1, 0.15) is 5.75 Å². The molecule has 0 unspecified atom stereocenters. The Hall–Kier alpha value is -1.81. The van der Waals surface area contributed by atoms with Gasteiger partial charge in [-0.3, -0.25) is 14.5 Å². The number of allylic oxidation sites excluding steroid dienone is 2. The van der Waals surface area contributed by atoms with E-state index in [-0.39, 0.29) is 23.7 Å². The standard InChI is InChI=1S/C15H14ClNO3/c1-20-11-5-3-10(4-6-11)17-14(18)12-7-2-9(16)8-13(12)15(17)19/h2-6,12-13H,7-8H2,1H3/t12-,13+/m1/s1. The monoisotopic (exact) mass is 291 g/mol. The van der Waals surface area contributed by atoms with E-state index in [1.54, 1.807) is 31.4 Å². The van der Waals surface area contributed by atoms with Crippen LogP contribution < -0.4 is 9.64 Å². The molecule has 0 spiro atoms. The maximum Gasteiger partial charge on any atom is 0.238 e. The number of ether oxygens (including phenoxy) is 1. The fourth-order valence-electron chi connectivity index (χ4n) is 2.81. The van der Waals surface area contributed by atoms with Gasteiger partial charge in [-0.2, -0.15) is 0 Å². The van der Waals surface area contributed by atoms with Crippen LogP contribution in [0.2, 0.25) is 0 Å². The number of nitrogens with zero attached hydrogens (tertiary/aromatic N) is 1.